The summed E-state index contributed by atoms with van der Waals surface area (Å²) in [5.41, 5.74) is 0.712. The van der Waals surface area contributed by atoms with E-state index < -0.39 is 9.84 Å². The lowest BCUT2D eigenvalue weighted by Crippen LogP contribution is -2.23. The molecule has 1 aliphatic heterocycles. The van der Waals surface area contributed by atoms with Gasteiger partial charge in [-0.05, 0) is 57.6 Å². The minimum absolute atomic E-state index is 0.301. The molecule has 112 valence electrons. The normalized spacial score (nSPS) is 21.4. The van der Waals surface area contributed by atoms with Crippen molar-refractivity contribution in [1.82, 2.24) is 4.90 Å². The van der Waals surface area contributed by atoms with Crippen LogP contribution in [0, 0.1) is 0 Å². The van der Waals surface area contributed by atoms with E-state index in [1.165, 1.54) is 6.26 Å². The summed E-state index contributed by atoms with van der Waals surface area (Å²) in [6.45, 7) is 2.15. The lowest BCUT2D eigenvalue weighted by Gasteiger charge is -2.19. The molecular weight excluding hydrogens is 296 g/mol. The van der Waals surface area contributed by atoms with Crippen molar-refractivity contribution in [2.45, 2.75) is 30.2 Å². The monoisotopic (exact) mass is 316 g/mol. The standard InChI is InChI=1S/C14H21ClN2O2S/c1-17-8-3-4-11(7-9-17)16-14-10-12(20(2,18)19)5-6-13(14)15/h5-6,10-11,16H,3-4,7-9H2,1-2H3. The molecule has 1 aliphatic rings. The van der Waals surface area contributed by atoms with Crippen LogP contribution in [0.3, 0.4) is 0 Å². The molecule has 0 aliphatic carbocycles. The van der Waals surface area contributed by atoms with Gasteiger partial charge >= 0.3 is 0 Å². The first-order valence-electron chi connectivity index (χ1n) is 6.81. The Labute approximate surface area is 126 Å². The first-order valence-corrected chi connectivity index (χ1v) is 9.08. The smallest absolute Gasteiger partial charge is 0.175 e. The Bertz CT molecular complexity index is 575. The maximum Gasteiger partial charge on any atom is 0.175 e. The third-order valence-corrected chi connectivity index (χ3v) is 5.12. The number of anilines is 1. The number of nitrogens with zero attached hydrogens (tertiary/aromatic N) is 1. The van der Waals surface area contributed by atoms with Crippen LogP contribution < -0.4 is 5.32 Å². The lowest BCUT2D eigenvalue weighted by atomic mass is 10.1. The number of halogens is 1. The van der Waals surface area contributed by atoms with Crippen LogP contribution in [0.25, 0.3) is 0 Å². The van der Waals surface area contributed by atoms with Crippen molar-refractivity contribution >= 4 is 27.1 Å². The number of benzene rings is 1. The van der Waals surface area contributed by atoms with E-state index in [1.54, 1.807) is 18.2 Å². The Kier molecular flexibility index (Phi) is 4.94. The fourth-order valence-corrected chi connectivity index (χ4v) is 3.27. The van der Waals surface area contributed by atoms with Crippen LogP contribution in [0.1, 0.15) is 19.3 Å². The van der Waals surface area contributed by atoms with E-state index in [4.69, 9.17) is 11.6 Å². The van der Waals surface area contributed by atoms with Gasteiger partial charge in [-0.15, -0.1) is 0 Å². The van der Waals surface area contributed by atoms with E-state index in [0.29, 0.717) is 21.6 Å². The van der Waals surface area contributed by atoms with E-state index in [1.807, 2.05) is 0 Å². The minimum atomic E-state index is -3.21. The average molecular weight is 317 g/mol. The Morgan fingerprint density at radius 3 is 2.75 bits per heavy atom. The van der Waals surface area contributed by atoms with Crippen LogP contribution in [0.5, 0.6) is 0 Å². The molecule has 0 bridgehead atoms. The molecule has 1 atom stereocenters. The van der Waals surface area contributed by atoms with Crippen molar-refractivity contribution in [2.24, 2.45) is 0 Å². The summed E-state index contributed by atoms with van der Waals surface area (Å²) in [4.78, 5) is 2.62. The molecule has 1 N–H and O–H groups in total. The molecule has 1 aromatic rings. The maximum atomic E-state index is 11.6. The van der Waals surface area contributed by atoms with Gasteiger partial charge in [0.1, 0.15) is 0 Å². The second kappa shape index (κ2) is 6.33. The molecule has 1 aromatic carbocycles. The van der Waals surface area contributed by atoms with E-state index in [-0.39, 0.29) is 0 Å². The van der Waals surface area contributed by atoms with Crippen LogP contribution in [-0.2, 0) is 9.84 Å². The molecule has 1 unspecified atom stereocenters. The molecule has 1 fully saturated rings. The number of likely N-dealkylation sites (tertiary alicyclic amines) is 1. The van der Waals surface area contributed by atoms with Gasteiger partial charge in [-0.3, -0.25) is 0 Å². The predicted molar refractivity (Wildman–Crippen MR) is 83.3 cm³/mol. The Morgan fingerprint density at radius 1 is 1.30 bits per heavy atom. The zero-order chi connectivity index (χ0) is 14.8. The molecule has 1 saturated heterocycles. The van der Waals surface area contributed by atoms with Gasteiger partial charge in [0.2, 0.25) is 0 Å². The molecule has 6 heteroatoms. The summed E-state index contributed by atoms with van der Waals surface area (Å²) >= 11 is 6.17. The van der Waals surface area contributed by atoms with Gasteiger partial charge in [0, 0.05) is 12.3 Å². The number of rotatable bonds is 3. The molecular formula is C14H21ClN2O2S. The SMILES string of the molecule is CN1CCCC(Nc2cc(S(C)(=O)=O)ccc2Cl)CC1. The highest BCUT2D eigenvalue weighted by Crippen LogP contribution is 2.27. The first-order chi connectivity index (χ1) is 9.36. The number of sulfone groups is 1. The van der Waals surface area contributed by atoms with Crippen molar-refractivity contribution in [1.29, 1.82) is 0 Å². The van der Waals surface area contributed by atoms with Gasteiger partial charge < -0.3 is 10.2 Å². The summed E-state index contributed by atoms with van der Waals surface area (Å²) in [5, 5.41) is 3.96. The zero-order valence-electron chi connectivity index (χ0n) is 11.9. The van der Waals surface area contributed by atoms with Gasteiger partial charge in [0.05, 0.1) is 15.6 Å². The first kappa shape index (κ1) is 15.6. The Hall–Kier alpha value is -0.780. The van der Waals surface area contributed by atoms with Gasteiger partial charge in [0.15, 0.2) is 9.84 Å². The fraction of sp³-hybridized carbons (Fsp3) is 0.571. The zero-order valence-corrected chi connectivity index (χ0v) is 13.5. The second-order valence-corrected chi connectivity index (χ2v) is 7.91. The van der Waals surface area contributed by atoms with Crippen molar-refractivity contribution < 1.29 is 8.42 Å². The van der Waals surface area contributed by atoms with Gasteiger partial charge in [-0.2, -0.15) is 0 Å². The molecule has 0 radical (unpaired) electrons. The molecule has 4 nitrogen and oxygen atoms in total. The summed E-state index contributed by atoms with van der Waals surface area (Å²) in [7, 11) is -1.08. The van der Waals surface area contributed by atoms with Crippen molar-refractivity contribution in [3.8, 4) is 0 Å². The van der Waals surface area contributed by atoms with Gasteiger partial charge in [0.25, 0.3) is 0 Å². The van der Waals surface area contributed by atoms with Crippen LogP contribution in [-0.4, -0.2) is 45.8 Å². The molecule has 0 aromatic heterocycles. The summed E-state index contributed by atoms with van der Waals surface area (Å²) in [6, 6.07) is 5.16. The Balaban J connectivity index is 2.16. The molecule has 2 rings (SSSR count). The molecule has 0 amide bonds. The largest absolute Gasteiger partial charge is 0.381 e. The Morgan fingerprint density at radius 2 is 2.05 bits per heavy atom. The van der Waals surface area contributed by atoms with Crippen molar-refractivity contribution in [3.05, 3.63) is 23.2 Å². The predicted octanol–water partition coefficient (Wildman–Crippen LogP) is 2.64. The highest BCUT2D eigenvalue weighted by molar-refractivity contribution is 7.90. The van der Waals surface area contributed by atoms with Gasteiger partial charge in [-0.1, -0.05) is 11.6 Å². The van der Waals surface area contributed by atoms with Gasteiger partial charge in [-0.25, -0.2) is 8.42 Å². The second-order valence-electron chi connectivity index (χ2n) is 5.49. The van der Waals surface area contributed by atoms with Crippen molar-refractivity contribution in [2.75, 3.05) is 31.7 Å². The molecule has 20 heavy (non-hydrogen) atoms. The third-order valence-electron chi connectivity index (χ3n) is 3.68. The van der Waals surface area contributed by atoms with E-state index >= 15 is 0 Å². The molecule has 0 spiro atoms. The fourth-order valence-electron chi connectivity index (χ4n) is 2.45. The highest BCUT2D eigenvalue weighted by atomic mass is 35.5. The third kappa shape index (κ3) is 4.11. The number of nitrogens with one attached hydrogen (secondary N) is 1. The maximum absolute atomic E-state index is 11.6. The summed E-state index contributed by atoms with van der Waals surface area (Å²) < 4.78 is 23.2. The van der Waals surface area contributed by atoms with Crippen LogP contribution in [0.15, 0.2) is 23.1 Å². The van der Waals surface area contributed by atoms with E-state index in [9.17, 15) is 8.42 Å². The van der Waals surface area contributed by atoms with Crippen LogP contribution in [0.2, 0.25) is 5.02 Å². The van der Waals surface area contributed by atoms with E-state index in [2.05, 4.69) is 17.3 Å². The quantitative estimate of drug-likeness (QED) is 0.931. The topological polar surface area (TPSA) is 49.4 Å². The van der Waals surface area contributed by atoms with Crippen LogP contribution >= 0.6 is 11.6 Å². The molecule has 0 saturated carbocycles. The summed E-state index contributed by atoms with van der Waals surface area (Å²) in [5.74, 6) is 0. The number of hydrogen-bond acceptors (Lipinski definition) is 4. The molecule has 1 heterocycles. The van der Waals surface area contributed by atoms with Crippen LogP contribution in [0.4, 0.5) is 5.69 Å². The lowest BCUT2D eigenvalue weighted by molar-refractivity contribution is 0.348. The average Bonchev–Trinajstić information content (AvgIpc) is 2.56. The van der Waals surface area contributed by atoms with E-state index in [0.717, 1.165) is 32.4 Å². The van der Waals surface area contributed by atoms with Crippen molar-refractivity contribution in [3.63, 3.8) is 0 Å². The summed E-state index contributed by atoms with van der Waals surface area (Å²) in [6.07, 6.45) is 4.46. The highest BCUT2D eigenvalue weighted by Gasteiger charge is 2.17. The number of hydrogen-bond donors (Lipinski definition) is 1. The minimum Gasteiger partial charge on any atom is -0.381 e.